The molecule has 4 rings (SSSR count). The largest absolute Gasteiger partial charge is 0.466 e. The van der Waals surface area contributed by atoms with Gasteiger partial charge in [-0.25, -0.2) is 0 Å². The molecule has 2 nitrogen and oxygen atoms in total. The van der Waals surface area contributed by atoms with Gasteiger partial charge in [-0.2, -0.15) is 0 Å². The molecule has 2 heteroatoms. The second kappa shape index (κ2) is 2.64. The SMILES string of the molecule is C[C@@H]1C[C@H]2O[C@@H]3c4occc4[C@@H](C)[C@@]2(C)[C@]13C. The molecule has 0 N–H and O–H groups in total. The summed E-state index contributed by atoms with van der Waals surface area (Å²) < 4.78 is 12.1. The number of furan rings is 1. The van der Waals surface area contributed by atoms with Crippen molar-refractivity contribution in [3.05, 3.63) is 23.7 Å². The molecule has 1 saturated heterocycles. The quantitative estimate of drug-likeness (QED) is 0.677. The summed E-state index contributed by atoms with van der Waals surface area (Å²) in [5.74, 6) is 2.36. The van der Waals surface area contributed by atoms with E-state index in [1.54, 1.807) is 0 Å². The van der Waals surface area contributed by atoms with Crippen molar-refractivity contribution in [2.75, 3.05) is 0 Å². The standard InChI is InChI=1S/C15H20O2/c1-8-7-11-15(4)9(2)10-5-6-16-12(10)13(17-11)14(8,15)3/h5-6,8-9,11,13H,7H2,1-4H3/t8-,9-,11-,13-,14-,15-/m1/s1. The summed E-state index contributed by atoms with van der Waals surface area (Å²) in [7, 11) is 0. The lowest BCUT2D eigenvalue weighted by molar-refractivity contribution is -0.0645. The monoisotopic (exact) mass is 232 g/mol. The number of hydrogen-bond acceptors (Lipinski definition) is 2. The lowest BCUT2D eigenvalue weighted by Crippen LogP contribution is -2.45. The third-order valence-corrected chi connectivity index (χ3v) is 6.60. The summed E-state index contributed by atoms with van der Waals surface area (Å²) in [6, 6.07) is 2.15. The topological polar surface area (TPSA) is 22.4 Å². The van der Waals surface area contributed by atoms with Gasteiger partial charge in [-0.1, -0.05) is 27.7 Å². The number of hydrogen-bond donors (Lipinski definition) is 0. The molecule has 1 saturated carbocycles. The fraction of sp³-hybridized carbons (Fsp3) is 0.733. The van der Waals surface area contributed by atoms with E-state index in [0.717, 1.165) is 11.7 Å². The molecule has 1 aromatic heterocycles. The first-order chi connectivity index (χ1) is 8.01. The Morgan fingerprint density at radius 1 is 1.24 bits per heavy atom. The van der Waals surface area contributed by atoms with Crippen LogP contribution in [-0.4, -0.2) is 6.10 Å². The maximum Gasteiger partial charge on any atom is 0.136 e. The van der Waals surface area contributed by atoms with E-state index in [2.05, 4.69) is 33.8 Å². The summed E-state index contributed by atoms with van der Waals surface area (Å²) >= 11 is 0. The Morgan fingerprint density at radius 2 is 2.00 bits per heavy atom. The minimum Gasteiger partial charge on any atom is -0.466 e. The first-order valence-corrected chi connectivity index (χ1v) is 6.74. The lowest BCUT2D eigenvalue weighted by Gasteiger charge is -2.48. The van der Waals surface area contributed by atoms with Gasteiger partial charge in [0.1, 0.15) is 11.9 Å². The van der Waals surface area contributed by atoms with Crippen molar-refractivity contribution in [2.24, 2.45) is 16.7 Å². The molecule has 3 aliphatic rings. The van der Waals surface area contributed by atoms with Gasteiger partial charge < -0.3 is 9.15 Å². The fourth-order valence-electron chi connectivity index (χ4n) is 5.04. The summed E-state index contributed by atoms with van der Waals surface area (Å²) in [5, 5.41) is 0. The van der Waals surface area contributed by atoms with Crippen molar-refractivity contribution < 1.29 is 9.15 Å². The first-order valence-electron chi connectivity index (χ1n) is 6.74. The molecule has 92 valence electrons. The molecule has 17 heavy (non-hydrogen) atoms. The Labute approximate surface area is 102 Å². The maximum absolute atomic E-state index is 6.32. The predicted octanol–water partition coefficient (Wildman–Crippen LogP) is 3.89. The van der Waals surface area contributed by atoms with Crippen LogP contribution in [0, 0.1) is 16.7 Å². The maximum atomic E-state index is 6.32. The van der Waals surface area contributed by atoms with E-state index >= 15 is 0 Å². The van der Waals surface area contributed by atoms with Crippen molar-refractivity contribution in [3.63, 3.8) is 0 Å². The summed E-state index contributed by atoms with van der Waals surface area (Å²) in [6.07, 6.45) is 3.63. The molecule has 0 spiro atoms. The average molecular weight is 232 g/mol. The van der Waals surface area contributed by atoms with Crippen molar-refractivity contribution >= 4 is 0 Å². The minimum atomic E-state index is 0.183. The van der Waals surface area contributed by atoms with E-state index in [1.807, 2.05) is 6.26 Å². The van der Waals surface area contributed by atoms with Gasteiger partial charge in [0.25, 0.3) is 0 Å². The molecule has 0 radical (unpaired) electrons. The van der Waals surface area contributed by atoms with E-state index in [0.29, 0.717) is 12.0 Å². The predicted molar refractivity (Wildman–Crippen MR) is 64.7 cm³/mol. The van der Waals surface area contributed by atoms with Crippen LogP contribution >= 0.6 is 0 Å². The number of rotatable bonds is 0. The van der Waals surface area contributed by atoms with E-state index in [9.17, 15) is 0 Å². The summed E-state index contributed by atoms with van der Waals surface area (Å²) in [5.41, 5.74) is 1.89. The fourth-order valence-corrected chi connectivity index (χ4v) is 5.04. The first kappa shape index (κ1) is 10.2. The molecule has 2 heterocycles. The number of ether oxygens (including phenoxy) is 1. The van der Waals surface area contributed by atoms with Gasteiger partial charge >= 0.3 is 0 Å². The zero-order valence-electron chi connectivity index (χ0n) is 11.0. The van der Waals surface area contributed by atoms with Gasteiger partial charge in [-0.15, -0.1) is 0 Å². The van der Waals surface area contributed by atoms with Crippen LogP contribution in [0.3, 0.4) is 0 Å². The Bertz CT molecular complexity index is 489. The zero-order chi connectivity index (χ0) is 12.0. The van der Waals surface area contributed by atoms with E-state index < -0.39 is 0 Å². The van der Waals surface area contributed by atoms with Crippen molar-refractivity contribution in [3.8, 4) is 0 Å². The van der Waals surface area contributed by atoms with E-state index in [1.165, 1.54) is 12.0 Å². The Kier molecular flexibility index (Phi) is 1.58. The Morgan fingerprint density at radius 3 is 2.76 bits per heavy atom. The van der Waals surface area contributed by atoms with Crippen LogP contribution in [0.4, 0.5) is 0 Å². The van der Waals surface area contributed by atoms with Gasteiger partial charge in [0, 0.05) is 10.8 Å². The van der Waals surface area contributed by atoms with Crippen molar-refractivity contribution in [1.82, 2.24) is 0 Å². The molecular weight excluding hydrogens is 212 g/mol. The second-order valence-corrected chi connectivity index (χ2v) is 6.67. The highest BCUT2D eigenvalue weighted by Gasteiger charge is 2.73. The van der Waals surface area contributed by atoms with Gasteiger partial charge in [0.2, 0.25) is 0 Å². The van der Waals surface area contributed by atoms with Crippen LogP contribution in [0.25, 0.3) is 0 Å². The highest BCUT2D eigenvalue weighted by molar-refractivity contribution is 5.38. The molecule has 2 fully saturated rings. The molecule has 4 bridgehead atoms. The third-order valence-electron chi connectivity index (χ3n) is 6.60. The highest BCUT2D eigenvalue weighted by atomic mass is 16.5. The molecule has 0 amide bonds. The van der Waals surface area contributed by atoms with Crippen LogP contribution in [0.1, 0.15) is 57.5 Å². The van der Waals surface area contributed by atoms with Crippen molar-refractivity contribution in [2.45, 2.75) is 52.2 Å². The number of fused-ring (bicyclic) bond motifs is 2. The summed E-state index contributed by atoms with van der Waals surface area (Å²) in [6.45, 7) is 9.58. The second-order valence-electron chi connectivity index (χ2n) is 6.67. The van der Waals surface area contributed by atoms with Crippen molar-refractivity contribution in [1.29, 1.82) is 0 Å². The molecule has 1 aromatic rings. The normalized spacial score (nSPS) is 55.1. The third kappa shape index (κ3) is 0.788. The van der Waals surface area contributed by atoms with Crippen LogP contribution in [0.15, 0.2) is 16.7 Å². The van der Waals surface area contributed by atoms with Gasteiger partial charge in [-0.3, -0.25) is 0 Å². The van der Waals surface area contributed by atoms with E-state index in [-0.39, 0.29) is 16.9 Å². The Balaban J connectivity index is 2.02. The molecule has 0 unspecified atom stereocenters. The minimum absolute atomic E-state index is 0.183. The molecule has 6 atom stereocenters. The summed E-state index contributed by atoms with van der Waals surface area (Å²) in [4.78, 5) is 0. The molecule has 2 aliphatic carbocycles. The lowest BCUT2D eigenvalue weighted by atomic mass is 9.53. The van der Waals surface area contributed by atoms with Gasteiger partial charge in [0.05, 0.1) is 12.4 Å². The van der Waals surface area contributed by atoms with E-state index in [4.69, 9.17) is 9.15 Å². The zero-order valence-corrected chi connectivity index (χ0v) is 11.0. The van der Waals surface area contributed by atoms with Crippen LogP contribution in [0.5, 0.6) is 0 Å². The highest BCUT2D eigenvalue weighted by Crippen LogP contribution is 2.76. The average Bonchev–Trinajstić information content (AvgIpc) is 2.88. The van der Waals surface area contributed by atoms with Gasteiger partial charge in [-0.05, 0) is 29.9 Å². The molecule has 1 aliphatic heterocycles. The smallest absolute Gasteiger partial charge is 0.136 e. The molecular formula is C15H20O2. The van der Waals surface area contributed by atoms with Crippen LogP contribution in [0.2, 0.25) is 0 Å². The van der Waals surface area contributed by atoms with Gasteiger partial charge in [0.15, 0.2) is 0 Å². The Hall–Kier alpha value is -0.760. The van der Waals surface area contributed by atoms with Crippen LogP contribution < -0.4 is 0 Å². The molecule has 0 aromatic carbocycles. The van der Waals surface area contributed by atoms with Crippen LogP contribution in [-0.2, 0) is 4.74 Å².